The number of nitrogens with two attached hydrogens (primary N) is 1. The number of methoxy groups -OCH3 is 1. The van der Waals surface area contributed by atoms with Gasteiger partial charge in [0.15, 0.2) is 0 Å². The van der Waals surface area contributed by atoms with E-state index in [0.717, 1.165) is 11.3 Å². The number of pyridine rings is 1. The van der Waals surface area contributed by atoms with Gasteiger partial charge < -0.3 is 15.1 Å². The number of ether oxygens (including phenoxy) is 1. The lowest BCUT2D eigenvalue weighted by Crippen LogP contribution is -2.27. The number of benzene rings is 1. The molecule has 0 fully saturated rings. The SMILES string of the molecule is COc1ccccc1CN(C)C(=O)c1cc(NN)ccn1. The summed E-state index contributed by atoms with van der Waals surface area (Å²) in [7, 11) is 3.33. The summed E-state index contributed by atoms with van der Waals surface area (Å²) < 4.78 is 5.29. The molecule has 1 aromatic carbocycles. The van der Waals surface area contributed by atoms with Crippen molar-refractivity contribution in [2.45, 2.75) is 6.54 Å². The van der Waals surface area contributed by atoms with E-state index in [1.165, 1.54) is 0 Å². The van der Waals surface area contributed by atoms with Crippen LogP contribution in [-0.2, 0) is 6.54 Å². The minimum absolute atomic E-state index is 0.182. The average molecular weight is 286 g/mol. The zero-order chi connectivity index (χ0) is 15.2. The Balaban J connectivity index is 2.15. The number of amides is 1. The molecule has 0 bridgehead atoms. The third-order valence-corrected chi connectivity index (χ3v) is 3.09. The van der Waals surface area contributed by atoms with Crippen LogP contribution < -0.4 is 16.0 Å². The van der Waals surface area contributed by atoms with E-state index in [9.17, 15) is 4.79 Å². The fourth-order valence-corrected chi connectivity index (χ4v) is 1.99. The highest BCUT2D eigenvalue weighted by atomic mass is 16.5. The molecule has 0 aliphatic carbocycles. The summed E-state index contributed by atoms with van der Waals surface area (Å²) in [4.78, 5) is 18.0. The Morgan fingerprint density at radius 1 is 1.38 bits per heavy atom. The number of nitrogens with one attached hydrogen (secondary N) is 1. The Morgan fingerprint density at radius 2 is 2.14 bits per heavy atom. The minimum atomic E-state index is -0.182. The summed E-state index contributed by atoms with van der Waals surface area (Å²) in [6, 6.07) is 10.9. The smallest absolute Gasteiger partial charge is 0.272 e. The van der Waals surface area contributed by atoms with Crippen molar-refractivity contribution in [3.8, 4) is 5.75 Å². The fourth-order valence-electron chi connectivity index (χ4n) is 1.99. The molecule has 0 radical (unpaired) electrons. The van der Waals surface area contributed by atoms with Gasteiger partial charge in [-0.1, -0.05) is 18.2 Å². The molecule has 1 amide bonds. The van der Waals surface area contributed by atoms with Crippen molar-refractivity contribution in [3.63, 3.8) is 0 Å². The number of carbonyl (C=O) groups is 1. The number of carbonyl (C=O) groups excluding carboxylic acids is 1. The van der Waals surface area contributed by atoms with Gasteiger partial charge in [0.05, 0.1) is 12.8 Å². The molecule has 1 aromatic heterocycles. The van der Waals surface area contributed by atoms with Crippen molar-refractivity contribution in [1.29, 1.82) is 0 Å². The molecular weight excluding hydrogens is 268 g/mol. The van der Waals surface area contributed by atoms with E-state index in [1.807, 2.05) is 24.3 Å². The first-order valence-corrected chi connectivity index (χ1v) is 6.45. The normalized spacial score (nSPS) is 10.0. The number of aromatic nitrogens is 1. The van der Waals surface area contributed by atoms with Gasteiger partial charge in [0.1, 0.15) is 11.4 Å². The number of nitrogens with zero attached hydrogens (tertiary/aromatic N) is 2. The van der Waals surface area contributed by atoms with Crippen LogP contribution in [0.4, 0.5) is 5.69 Å². The summed E-state index contributed by atoms with van der Waals surface area (Å²) in [6.45, 7) is 0.435. The summed E-state index contributed by atoms with van der Waals surface area (Å²) >= 11 is 0. The molecule has 3 N–H and O–H groups in total. The van der Waals surface area contributed by atoms with Crippen LogP contribution in [0.3, 0.4) is 0 Å². The third kappa shape index (κ3) is 3.49. The Kier molecular flexibility index (Phi) is 4.73. The molecular formula is C15H18N4O2. The molecule has 6 nitrogen and oxygen atoms in total. The van der Waals surface area contributed by atoms with Crippen LogP contribution in [-0.4, -0.2) is 29.9 Å². The first-order valence-electron chi connectivity index (χ1n) is 6.45. The van der Waals surface area contributed by atoms with Gasteiger partial charge in [-0.25, -0.2) is 0 Å². The Morgan fingerprint density at radius 3 is 2.86 bits per heavy atom. The first-order chi connectivity index (χ1) is 10.2. The molecule has 0 atom stereocenters. The number of anilines is 1. The van der Waals surface area contributed by atoms with Gasteiger partial charge in [-0.3, -0.25) is 15.6 Å². The van der Waals surface area contributed by atoms with Gasteiger partial charge in [-0.2, -0.15) is 0 Å². The zero-order valence-corrected chi connectivity index (χ0v) is 12.0. The number of hydrogen-bond donors (Lipinski definition) is 2. The number of para-hydroxylation sites is 1. The molecule has 1 heterocycles. The van der Waals surface area contributed by atoms with Crippen molar-refractivity contribution >= 4 is 11.6 Å². The van der Waals surface area contributed by atoms with Gasteiger partial charge in [-0.15, -0.1) is 0 Å². The van der Waals surface area contributed by atoms with Gasteiger partial charge >= 0.3 is 0 Å². The van der Waals surface area contributed by atoms with Crippen LogP contribution in [0.25, 0.3) is 0 Å². The van der Waals surface area contributed by atoms with Crippen molar-refractivity contribution in [1.82, 2.24) is 9.88 Å². The van der Waals surface area contributed by atoms with E-state index < -0.39 is 0 Å². The number of rotatable bonds is 5. The van der Waals surface area contributed by atoms with Crippen LogP contribution in [0, 0.1) is 0 Å². The van der Waals surface area contributed by atoms with Gasteiger partial charge in [0, 0.05) is 25.4 Å². The quantitative estimate of drug-likeness (QED) is 0.645. The topological polar surface area (TPSA) is 80.5 Å². The predicted octanol–water partition coefficient (Wildman–Crippen LogP) is 1.65. The summed E-state index contributed by atoms with van der Waals surface area (Å²) in [5.74, 6) is 5.91. The van der Waals surface area contributed by atoms with Crippen LogP contribution in [0.15, 0.2) is 42.6 Å². The van der Waals surface area contributed by atoms with E-state index in [0.29, 0.717) is 17.9 Å². The number of hydrogen-bond acceptors (Lipinski definition) is 5. The van der Waals surface area contributed by atoms with Gasteiger partial charge in [0.2, 0.25) is 0 Å². The van der Waals surface area contributed by atoms with Gasteiger partial charge in [-0.05, 0) is 18.2 Å². The Hall–Kier alpha value is -2.60. The standard InChI is InChI=1S/C15H18N4O2/c1-19(10-11-5-3-4-6-14(11)21-2)15(20)13-9-12(18-16)7-8-17-13/h3-9H,10,16H2,1-2H3,(H,17,18). The van der Waals surface area contributed by atoms with Crippen LogP contribution in [0.2, 0.25) is 0 Å². The molecule has 0 spiro atoms. The second-order valence-electron chi connectivity index (χ2n) is 4.55. The second-order valence-corrected chi connectivity index (χ2v) is 4.55. The molecule has 6 heteroatoms. The number of hydrazine groups is 1. The molecule has 21 heavy (non-hydrogen) atoms. The Bertz CT molecular complexity index is 631. The maximum atomic E-state index is 12.4. The van der Waals surface area contributed by atoms with E-state index in [4.69, 9.17) is 10.6 Å². The summed E-state index contributed by atoms with van der Waals surface area (Å²) in [5.41, 5.74) is 4.41. The van der Waals surface area contributed by atoms with E-state index >= 15 is 0 Å². The summed E-state index contributed by atoms with van der Waals surface area (Å²) in [5, 5.41) is 0. The lowest BCUT2D eigenvalue weighted by molar-refractivity contribution is 0.0778. The molecule has 0 aliphatic rings. The van der Waals surface area contributed by atoms with Crippen LogP contribution >= 0.6 is 0 Å². The van der Waals surface area contributed by atoms with Crippen LogP contribution in [0.1, 0.15) is 16.1 Å². The van der Waals surface area contributed by atoms with Crippen molar-refractivity contribution in [3.05, 3.63) is 53.9 Å². The van der Waals surface area contributed by atoms with Crippen molar-refractivity contribution in [2.75, 3.05) is 19.6 Å². The average Bonchev–Trinajstić information content (AvgIpc) is 2.54. The first kappa shape index (κ1) is 14.8. The minimum Gasteiger partial charge on any atom is -0.496 e. The molecule has 0 unspecified atom stereocenters. The van der Waals surface area contributed by atoms with E-state index in [-0.39, 0.29) is 5.91 Å². The second kappa shape index (κ2) is 6.71. The lowest BCUT2D eigenvalue weighted by Gasteiger charge is -2.18. The third-order valence-electron chi connectivity index (χ3n) is 3.09. The van der Waals surface area contributed by atoms with Crippen molar-refractivity contribution < 1.29 is 9.53 Å². The lowest BCUT2D eigenvalue weighted by atomic mass is 10.2. The largest absolute Gasteiger partial charge is 0.496 e. The highest BCUT2D eigenvalue weighted by Crippen LogP contribution is 2.19. The highest BCUT2D eigenvalue weighted by Gasteiger charge is 2.15. The molecule has 2 rings (SSSR count). The van der Waals surface area contributed by atoms with E-state index in [2.05, 4.69) is 10.4 Å². The molecule has 0 saturated carbocycles. The predicted molar refractivity (Wildman–Crippen MR) is 80.8 cm³/mol. The summed E-state index contributed by atoms with van der Waals surface area (Å²) in [6.07, 6.45) is 1.54. The monoisotopic (exact) mass is 286 g/mol. The molecule has 110 valence electrons. The molecule has 0 aliphatic heterocycles. The van der Waals surface area contributed by atoms with Crippen molar-refractivity contribution in [2.24, 2.45) is 5.84 Å². The maximum Gasteiger partial charge on any atom is 0.272 e. The maximum absolute atomic E-state index is 12.4. The zero-order valence-electron chi connectivity index (χ0n) is 12.0. The molecule has 2 aromatic rings. The Labute approximate surface area is 123 Å². The molecule has 0 saturated heterocycles. The van der Waals surface area contributed by atoms with Crippen LogP contribution in [0.5, 0.6) is 5.75 Å². The highest BCUT2D eigenvalue weighted by molar-refractivity contribution is 5.92. The fraction of sp³-hybridized carbons (Fsp3) is 0.200. The van der Waals surface area contributed by atoms with Gasteiger partial charge in [0.25, 0.3) is 5.91 Å². The number of nitrogen functional groups attached to an aromatic ring is 1. The van der Waals surface area contributed by atoms with E-state index in [1.54, 1.807) is 37.4 Å².